The predicted molar refractivity (Wildman–Crippen MR) is 112 cm³/mol. The number of fused-ring (bicyclic) bond motifs is 3. The van der Waals surface area contributed by atoms with E-state index >= 15 is 0 Å². The van der Waals surface area contributed by atoms with Crippen molar-refractivity contribution in [2.45, 2.75) is 63.4 Å². The molecular formula is C21H27N5OS. The lowest BCUT2D eigenvalue weighted by molar-refractivity contribution is -0.121. The van der Waals surface area contributed by atoms with E-state index in [4.69, 9.17) is 4.98 Å². The molecular weight excluding hydrogens is 370 g/mol. The van der Waals surface area contributed by atoms with Gasteiger partial charge >= 0.3 is 0 Å². The van der Waals surface area contributed by atoms with E-state index < -0.39 is 0 Å². The fraction of sp³-hybridized carbons (Fsp3) is 0.524. The second-order valence-electron chi connectivity index (χ2n) is 7.95. The van der Waals surface area contributed by atoms with Crippen LogP contribution in [-0.4, -0.2) is 36.8 Å². The molecule has 4 atom stereocenters. The Morgan fingerprint density at radius 3 is 2.86 bits per heavy atom. The van der Waals surface area contributed by atoms with Crippen molar-refractivity contribution in [1.82, 2.24) is 24.9 Å². The Kier molecular flexibility index (Phi) is 5.27. The number of hydrogen-bond acceptors (Lipinski definition) is 5. The molecule has 0 spiro atoms. The number of rotatable bonds is 4. The third-order valence-corrected chi connectivity index (χ3v) is 6.98. The van der Waals surface area contributed by atoms with Crippen molar-refractivity contribution in [3.05, 3.63) is 30.1 Å². The zero-order chi connectivity index (χ0) is 19.8. The van der Waals surface area contributed by atoms with Crippen LogP contribution in [0.1, 0.15) is 45.9 Å². The Bertz CT molecular complexity index is 1020. The lowest BCUT2D eigenvalue weighted by Gasteiger charge is -2.35. The lowest BCUT2D eigenvalue weighted by atomic mass is 9.78. The number of aryl methyl sites for hydroxylation is 1. The monoisotopic (exact) mass is 397 g/mol. The van der Waals surface area contributed by atoms with E-state index in [0.717, 1.165) is 23.0 Å². The maximum Gasteiger partial charge on any atom is 0.233 e. The first kappa shape index (κ1) is 19.2. The van der Waals surface area contributed by atoms with Gasteiger partial charge in [0.15, 0.2) is 10.8 Å². The molecule has 0 saturated heterocycles. The molecule has 1 fully saturated rings. The molecule has 1 aliphatic carbocycles. The molecule has 1 N–H and O–H groups in total. The summed E-state index contributed by atoms with van der Waals surface area (Å²) in [5.41, 5.74) is 1.65. The number of para-hydroxylation sites is 1. The van der Waals surface area contributed by atoms with Gasteiger partial charge in [0.2, 0.25) is 5.91 Å². The normalized spacial score (nSPS) is 23.8. The molecule has 148 valence electrons. The summed E-state index contributed by atoms with van der Waals surface area (Å²) in [6, 6.07) is 8.17. The molecule has 0 bridgehead atoms. The van der Waals surface area contributed by atoms with Gasteiger partial charge in [-0.25, -0.2) is 9.97 Å². The number of nitrogens with one attached hydrogen (secondary N) is 1. The smallest absolute Gasteiger partial charge is 0.233 e. The second kappa shape index (κ2) is 7.70. The summed E-state index contributed by atoms with van der Waals surface area (Å²) in [7, 11) is 0. The van der Waals surface area contributed by atoms with E-state index in [-0.39, 0.29) is 17.2 Å². The molecule has 1 aliphatic rings. The summed E-state index contributed by atoms with van der Waals surface area (Å²) in [4.78, 5) is 22.2. The highest BCUT2D eigenvalue weighted by Crippen LogP contribution is 2.31. The van der Waals surface area contributed by atoms with Crippen LogP contribution in [0.2, 0.25) is 0 Å². The van der Waals surface area contributed by atoms with Gasteiger partial charge < -0.3 is 5.32 Å². The van der Waals surface area contributed by atoms with E-state index in [1.807, 2.05) is 38.1 Å². The first-order valence-electron chi connectivity index (χ1n) is 10.0. The number of aromatic nitrogens is 4. The van der Waals surface area contributed by atoms with Crippen LogP contribution in [0.15, 0.2) is 29.4 Å². The summed E-state index contributed by atoms with van der Waals surface area (Å²) >= 11 is 1.44. The molecule has 4 rings (SSSR count). The molecule has 7 heteroatoms. The first-order chi connectivity index (χ1) is 13.4. The minimum atomic E-state index is -0.259. The summed E-state index contributed by atoms with van der Waals surface area (Å²) in [5, 5.41) is 9.19. The molecule has 6 nitrogen and oxygen atoms in total. The van der Waals surface area contributed by atoms with Crippen LogP contribution in [0.4, 0.5) is 0 Å². The average molecular weight is 398 g/mol. The Labute approximate surface area is 169 Å². The third-order valence-electron chi connectivity index (χ3n) is 5.94. The molecule has 1 aromatic carbocycles. The highest BCUT2D eigenvalue weighted by molar-refractivity contribution is 8.00. The molecule has 3 aromatic rings. The van der Waals surface area contributed by atoms with Crippen LogP contribution in [0, 0.1) is 18.8 Å². The van der Waals surface area contributed by atoms with Gasteiger partial charge in [0.1, 0.15) is 5.82 Å². The van der Waals surface area contributed by atoms with E-state index in [0.29, 0.717) is 22.8 Å². The van der Waals surface area contributed by atoms with Crippen LogP contribution < -0.4 is 5.32 Å². The summed E-state index contributed by atoms with van der Waals surface area (Å²) < 4.78 is 1.76. The van der Waals surface area contributed by atoms with Gasteiger partial charge in [-0.3, -0.25) is 4.79 Å². The average Bonchev–Trinajstić information content (AvgIpc) is 3.07. The maximum absolute atomic E-state index is 12.9. The van der Waals surface area contributed by atoms with Gasteiger partial charge in [-0.05, 0) is 44.2 Å². The van der Waals surface area contributed by atoms with Gasteiger partial charge in [-0.2, -0.15) is 4.52 Å². The van der Waals surface area contributed by atoms with Gasteiger partial charge in [0.25, 0.3) is 0 Å². The number of thioether (sulfide) groups is 1. The zero-order valence-electron chi connectivity index (χ0n) is 16.8. The van der Waals surface area contributed by atoms with Crippen molar-refractivity contribution in [1.29, 1.82) is 0 Å². The second-order valence-corrected chi connectivity index (χ2v) is 9.26. The van der Waals surface area contributed by atoms with E-state index in [9.17, 15) is 4.79 Å². The van der Waals surface area contributed by atoms with Crippen molar-refractivity contribution in [3.63, 3.8) is 0 Å². The highest BCUT2D eigenvalue weighted by Gasteiger charge is 2.30. The van der Waals surface area contributed by atoms with Crippen LogP contribution >= 0.6 is 11.8 Å². The summed E-state index contributed by atoms with van der Waals surface area (Å²) in [5.74, 6) is 1.93. The Morgan fingerprint density at radius 2 is 2.04 bits per heavy atom. The van der Waals surface area contributed by atoms with E-state index in [2.05, 4.69) is 29.2 Å². The van der Waals surface area contributed by atoms with Crippen molar-refractivity contribution in [2.24, 2.45) is 11.8 Å². The maximum atomic E-state index is 12.9. The van der Waals surface area contributed by atoms with Gasteiger partial charge in [0.05, 0.1) is 10.8 Å². The van der Waals surface area contributed by atoms with E-state index in [1.54, 1.807) is 4.52 Å². The number of amides is 1. The Hall–Kier alpha value is -2.15. The zero-order valence-corrected chi connectivity index (χ0v) is 17.7. The molecule has 1 saturated carbocycles. The minimum absolute atomic E-state index is 0.0656. The molecule has 0 unspecified atom stereocenters. The van der Waals surface area contributed by atoms with Crippen molar-refractivity contribution in [2.75, 3.05) is 0 Å². The van der Waals surface area contributed by atoms with Gasteiger partial charge in [0, 0.05) is 11.4 Å². The van der Waals surface area contributed by atoms with Gasteiger partial charge in [-0.1, -0.05) is 50.6 Å². The fourth-order valence-corrected chi connectivity index (χ4v) is 4.88. The molecule has 2 aromatic heterocycles. The number of carbonyl (C=O) groups excluding carboxylic acids is 1. The fourth-order valence-electron chi connectivity index (χ4n) is 4.01. The van der Waals surface area contributed by atoms with Crippen molar-refractivity contribution < 1.29 is 4.79 Å². The summed E-state index contributed by atoms with van der Waals surface area (Å²) in [6.45, 7) is 8.34. The van der Waals surface area contributed by atoms with E-state index in [1.165, 1.54) is 24.6 Å². The number of hydrogen-bond donors (Lipinski definition) is 1. The molecule has 28 heavy (non-hydrogen) atoms. The molecule has 1 amide bonds. The molecule has 2 heterocycles. The SMILES string of the molecule is Cc1nc2c3ccccc3nc(S[C@H](C)C(=O)N[C@@H]3CCC[C@@H](C)[C@H]3C)n2n1. The Balaban J connectivity index is 1.57. The van der Waals surface area contributed by atoms with Crippen molar-refractivity contribution in [3.8, 4) is 0 Å². The molecule has 0 aliphatic heterocycles. The molecule has 0 radical (unpaired) electrons. The largest absolute Gasteiger partial charge is 0.352 e. The topological polar surface area (TPSA) is 72.2 Å². The lowest BCUT2D eigenvalue weighted by Crippen LogP contribution is -2.46. The first-order valence-corrected chi connectivity index (χ1v) is 10.9. The van der Waals surface area contributed by atoms with Crippen LogP contribution in [-0.2, 0) is 4.79 Å². The third kappa shape index (κ3) is 3.60. The van der Waals surface area contributed by atoms with Crippen LogP contribution in [0.25, 0.3) is 16.6 Å². The standard InChI is InChI=1S/C21H27N5OS/c1-12-8-7-11-17(13(12)2)23-20(27)14(3)28-21-24-18-10-6-5-9-16(18)19-22-15(4)25-26(19)21/h5-6,9-10,12-14,17H,7-8,11H2,1-4H3,(H,23,27)/t12-,13-,14-,17-/m1/s1. The number of benzene rings is 1. The predicted octanol–water partition coefficient (Wildman–Crippen LogP) is 4.01. The van der Waals surface area contributed by atoms with Crippen LogP contribution in [0.3, 0.4) is 0 Å². The van der Waals surface area contributed by atoms with Crippen LogP contribution in [0.5, 0.6) is 0 Å². The quantitative estimate of drug-likeness (QED) is 0.532. The van der Waals surface area contributed by atoms with Gasteiger partial charge in [-0.15, -0.1) is 5.10 Å². The minimum Gasteiger partial charge on any atom is -0.352 e. The highest BCUT2D eigenvalue weighted by atomic mass is 32.2. The number of carbonyl (C=O) groups is 1. The Morgan fingerprint density at radius 1 is 1.25 bits per heavy atom. The number of nitrogens with zero attached hydrogens (tertiary/aromatic N) is 4. The van der Waals surface area contributed by atoms with Crippen molar-refractivity contribution >= 4 is 34.2 Å². The summed E-state index contributed by atoms with van der Waals surface area (Å²) in [6.07, 6.45) is 3.50.